The van der Waals surface area contributed by atoms with Crippen LogP contribution in [0.5, 0.6) is 0 Å². The van der Waals surface area contributed by atoms with Gasteiger partial charge < -0.3 is 4.42 Å². The lowest BCUT2D eigenvalue weighted by Gasteiger charge is -1.96. The Hall–Kier alpha value is -2.40. The first-order valence-electron chi connectivity index (χ1n) is 5.90. The van der Waals surface area contributed by atoms with Gasteiger partial charge in [-0.3, -0.25) is 10.1 Å². The molecule has 0 saturated carbocycles. The van der Waals surface area contributed by atoms with E-state index in [0.29, 0.717) is 28.4 Å². The lowest BCUT2D eigenvalue weighted by atomic mass is 10.1. The molecule has 0 saturated heterocycles. The third-order valence-electron chi connectivity index (χ3n) is 2.90. The molecule has 0 aliphatic heterocycles. The number of nitro benzene ring substituents is 1. The van der Waals surface area contributed by atoms with Crippen LogP contribution in [0.15, 0.2) is 46.9 Å². The number of oxazole rings is 1. The minimum absolute atomic E-state index is 0.0677. The molecule has 3 rings (SSSR count). The van der Waals surface area contributed by atoms with Crippen molar-refractivity contribution in [1.82, 2.24) is 4.98 Å². The van der Waals surface area contributed by atoms with E-state index >= 15 is 0 Å². The number of fused-ring (bicyclic) bond motifs is 1. The maximum Gasteiger partial charge on any atom is 0.269 e. The van der Waals surface area contributed by atoms with E-state index in [0.717, 1.165) is 5.56 Å². The van der Waals surface area contributed by atoms with Gasteiger partial charge in [0, 0.05) is 23.6 Å². The summed E-state index contributed by atoms with van der Waals surface area (Å²) in [5.74, 6) is 0.552. The van der Waals surface area contributed by atoms with Gasteiger partial charge in [-0.1, -0.05) is 23.7 Å². The summed E-state index contributed by atoms with van der Waals surface area (Å²) in [5.41, 5.74) is 2.34. The van der Waals surface area contributed by atoms with Crippen molar-refractivity contribution in [3.8, 4) is 0 Å². The molecule has 20 heavy (non-hydrogen) atoms. The van der Waals surface area contributed by atoms with E-state index in [2.05, 4.69) is 4.98 Å². The average molecular weight is 289 g/mol. The molecule has 0 bridgehead atoms. The van der Waals surface area contributed by atoms with Crippen LogP contribution in [0.1, 0.15) is 11.5 Å². The van der Waals surface area contributed by atoms with Crippen molar-refractivity contribution in [2.24, 2.45) is 0 Å². The molecule has 100 valence electrons. The van der Waals surface area contributed by atoms with Gasteiger partial charge in [-0.15, -0.1) is 0 Å². The lowest BCUT2D eigenvalue weighted by Crippen LogP contribution is -1.90. The summed E-state index contributed by atoms with van der Waals surface area (Å²) in [6.45, 7) is 0. The molecule has 0 unspecified atom stereocenters. The zero-order valence-electron chi connectivity index (χ0n) is 10.2. The van der Waals surface area contributed by atoms with Gasteiger partial charge in [-0.05, 0) is 23.8 Å². The molecule has 0 atom stereocenters. The molecule has 0 radical (unpaired) electrons. The second-order valence-corrected chi connectivity index (χ2v) is 4.76. The average Bonchev–Trinajstić information content (AvgIpc) is 2.80. The van der Waals surface area contributed by atoms with E-state index < -0.39 is 4.92 Å². The highest BCUT2D eigenvalue weighted by molar-refractivity contribution is 6.31. The summed E-state index contributed by atoms with van der Waals surface area (Å²) in [6, 6.07) is 11.6. The van der Waals surface area contributed by atoms with Gasteiger partial charge in [0.15, 0.2) is 11.5 Å². The molecular formula is C14H9ClN2O3. The second kappa shape index (κ2) is 4.94. The molecule has 1 aromatic heterocycles. The van der Waals surface area contributed by atoms with Crippen molar-refractivity contribution >= 4 is 28.4 Å². The summed E-state index contributed by atoms with van der Waals surface area (Å²) in [7, 11) is 0. The molecular weight excluding hydrogens is 280 g/mol. The molecule has 0 aliphatic rings. The van der Waals surface area contributed by atoms with E-state index in [4.69, 9.17) is 16.0 Å². The minimum Gasteiger partial charge on any atom is -0.440 e. The molecule has 5 nitrogen and oxygen atoms in total. The van der Waals surface area contributed by atoms with Crippen molar-refractivity contribution in [2.45, 2.75) is 6.42 Å². The summed E-state index contributed by atoms with van der Waals surface area (Å²) < 4.78 is 5.60. The number of hydrogen-bond acceptors (Lipinski definition) is 4. The molecule has 0 aliphatic carbocycles. The molecule has 3 aromatic rings. The Morgan fingerprint density at radius 1 is 1.20 bits per heavy atom. The van der Waals surface area contributed by atoms with Gasteiger partial charge in [0.2, 0.25) is 0 Å². The van der Waals surface area contributed by atoms with Gasteiger partial charge in [0.05, 0.1) is 4.92 Å². The van der Waals surface area contributed by atoms with Gasteiger partial charge in [-0.25, -0.2) is 4.98 Å². The quantitative estimate of drug-likeness (QED) is 0.540. The van der Waals surface area contributed by atoms with E-state index in [1.54, 1.807) is 30.3 Å². The van der Waals surface area contributed by atoms with Crippen LogP contribution in [0.25, 0.3) is 11.1 Å². The third kappa shape index (κ3) is 2.48. The predicted octanol–water partition coefficient (Wildman–Crippen LogP) is 3.98. The van der Waals surface area contributed by atoms with Gasteiger partial charge in [0.1, 0.15) is 5.52 Å². The topological polar surface area (TPSA) is 69.2 Å². The van der Waals surface area contributed by atoms with Crippen LogP contribution in [0, 0.1) is 10.1 Å². The predicted molar refractivity (Wildman–Crippen MR) is 74.9 cm³/mol. The van der Waals surface area contributed by atoms with Crippen molar-refractivity contribution in [3.05, 3.63) is 69.1 Å². The number of hydrogen-bond donors (Lipinski definition) is 0. The summed E-state index contributed by atoms with van der Waals surface area (Å²) in [4.78, 5) is 14.5. The molecule has 2 aromatic carbocycles. The number of non-ortho nitro benzene ring substituents is 1. The zero-order valence-corrected chi connectivity index (χ0v) is 11.0. The highest BCUT2D eigenvalue weighted by Gasteiger charge is 2.09. The zero-order chi connectivity index (χ0) is 14.1. The summed E-state index contributed by atoms with van der Waals surface area (Å²) in [6.07, 6.45) is 0.476. The molecule has 1 heterocycles. The largest absolute Gasteiger partial charge is 0.440 e. The lowest BCUT2D eigenvalue weighted by molar-refractivity contribution is -0.384. The first-order valence-corrected chi connectivity index (χ1v) is 6.28. The molecule has 0 N–H and O–H groups in total. The van der Waals surface area contributed by atoms with Crippen LogP contribution in [-0.4, -0.2) is 9.91 Å². The fourth-order valence-corrected chi connectivity index (χ4v) is 2.10. The Morgan fingerprint density at radius 2 is 1.95 bits per heavy atom. The molecule has 6 heteroatoms. The fourth-order valence-electron chi connectivity index (χ4n) is 1.93. The number of nitrogens with zero attached hydrogens (tertiary/aromatic N) is 2. The molecule has 0 amide bonds. The van der Waals surface area contributed by atoms with Crippen LogP contribution in [0.4, 0.5) is 5.69 Å². The Bertz CT molecular complexity index is 781. The van der Waals surface area contributed by atoms with Crippen molar-refractivity contribution in [2.75, 3.05) is 0 Å². The van der Waals surface area contributed by atoms with Crippen molar-refractivity contribution < 1.29 is 9.34 Å². The highest BCUT2D eigenvalue weighted by atomic mass is 35.5. The SMILES string of the molecule is O=[N+]([O-])c1ccc(Cc2nc3cc(Cl)ccc3o2)cc1. The van der Waals surface area contributed by atoms with Crippen LogP contribution in [0.3, 0.4) is 0 Å². The smallest absolute Gasteiger partial charge is 0.269 e. The number of benzene rings is 2. The van der Waals surface area contributed by atoms with E-state index in [1.165, 1.54) is 12.1 Å². The highest BCUT2D eigenvalue weighted by Crippen LogP contribution is 2.22. The molecule has 0 fully saturated rings. The molecule has 0 spiro atoms. The van der Waals surface area contributed by atoms with E-state index in [9.17, 15) is 10.1 Å². The second-order valence-electron chi connectivity index (χ2n) is 4.32. The van der Waals surface area contributed by atoms with Crippen LogP contribution >= 0.6 is 11.6 Å². The first kappa shape index (κ1) is 12.6. The maximum absolute atomic E-state index is 10.6. The monoisotopic (exact) mass is 288 g/mol. The maximum atomic E-state index is 10.6. The Morgan fingerprint density at radius 3 is 2.65 bits per heavy atom. The summed E-state index contributed by atoms with van der Waals surface area (Å²) in [5, 5.41) is 11.2. The normalized spacial score (nSPS) is 10.8. The van der Waals surface area contributed by atoms with E-state index in [-0.39, 0.29) is 5.69 Å². The van der Waals surface area contributed by atoms with Crippen LogP contribution in [-0.2, 0) is 6.42 Å². The Balaban J connectivity index is 1.87. The van der Waals surface area contributed by atoms with Gasteiger partial charge in [-0.2, -0.15) is 0 Å². The van der Waals surface area contributed by atoms with Crippen LogP contribution < -0.4 is 0 Å². The third-order valence-corrected chi connectivity index (χ3v) is 3.13. The Labute approximate surface area is 119 Å². The standard InChI is InChI=1S/C14H9ClN2O3/c15-10-3-6-13-12(8-10)16-14(20-13)7-9-1-4-11(5-2-9)17(18)19/h1-6,8H,7H2. The number of nitro groups is 1. The minimum atomic E-state index is -0.425. The first-order chi connectivity index (χ1) is 9.61. The van der Waals surface area contributed by atoms with Gasteiger partial charge in [0.25, 0.3) is 5.69 Å². The van der Waals surface area contributed by atoms with E-state index in [1.807, 2.05) is 0 Å². The van der Waals surface area contributed by atoms with Gasteiger partial charge >= 0.3 is 0 Å². The number of halogens is 1. The van der Waals surface area contributed by atoms with Crippen molar-refractivity contribution in [3.63, 3.8) is 0 Å². The number of rotatable bonds is 3. The Kier molecular flexibility index (Phi) is 3.12. The number of aromatic nitrogens is 1. The van der Waals surface area contributed by atoms with Crippen molar-refractivity contribution in [1.29, 1.82) is 0 Å². The summed E-state index contributed by atoms with van der Waals surface area (Å²) >= 11 is 5.89. The van der Waals surface area contributed by atoms with Crippen LogP contribution in [0.2, 0.25) is 5.02 Å². The fraction of sp³-hybridized carbons (Fsp3) is 0.0714.